The van der Waals surface area contributed by atoms with Crippen LogP contribution in [-0.2, 0) is 6.54 Å². The van der Waals surface area contributed by atoms with E-state index in [9.17, 15) is 4.79 Å². The van der Waals surface area contributed by atoms with Gasteiger partial charge in [-0.3, -0.25) is 4.79 Å². The molecule has 2 N–H and O–H groups in total. The van der Waals surface area contributed by atoms with Crippen LogP contribution in [0.3, 0.4) is 0 Å². The Hall–Kier alpha value is -2.70. The van der Waals surface area contributed by atoms with Gasteiger partial charge in [0.2, 0.25) is 0 Å². The topological polar surface area (TPSA) is 77.0 Å². The first-order valence-corrected chi connectivity index (χ1v) is 8.72. The van der Waals surface area contributed by atoms with Crippen molar-refractivity contribution in [2.24, 2.45) is 5.73 Å². The van der Waals surface area contributed by atoms with Crippen LogP contribution >= 0.6 is 12.4 Å². The van der Waals surface area contributed by atoms with Crippen molar-refractivity contribution in [1.29, 1.82) is 0 Å². The van der Waals surface area contributed by atoms with E-state index in [1.165, 1.54) is 11.9 Å². The van der Waals surface area contributed by atoms with Crippen molar-refractivity contribution in [1.82, 2.24) is 19.7 Å². The van der Waals surface area contributed by atoms with Crippen molar-refractivity contribution in [2.45, 2.75) is 18.5 Å². The Kier molecular flexibility index (Phi) is 5.88. The van der Waals surface area contributed by atoms with E-state index in [0.29, 0.717) is 25.2 Å². The molecule has 0 saturated carbocycles. The minimum Gasteiger partial charge on any atom is -0.336 e. The van der Waals surface area contributed by atoms with Crippen molar-refractivity contribution in [3.05, 3.63) is 83.9 Å². The smallest absolute Gasteiger partial charge is 0.254 e. The summed E-state index contributed by atoms with van der Waals surface area (Å²) in [5, 5.41) is 4.13. The maximum absolute atomic E-state index is 13.1. The molecule has 1 fully saturated rings. The summed E-state index contributed by atoms with van der Waals surface area (Å²) >= 11 is 0. The monoisotopic (exact) mass is 383 g/mol. The first-order chi connectivity index (χ1) is 12.7. The molecule has 0 spiro atoms. The molecule has 2 heterocycles. The van der Waals surface area contributed by atoms with Crippen LogP contribution in [0, 0.1) is 0 Å². The van der Waals surface area contributed by atoms with Gasteiger partial charge in [-0.1, -0.05) is 48.5 Å². The number of nitrogens with two attached hydrogens (primary N) is 1. The quantitative estimate of drug-likeness (QED) is 0.750. The molecule has 1 aliphatic heterocycles. The minimum atomic E-state index is -0.0520. The molecule has 0 unspecified atom stereocenters. The summed E-state index contributed by atoms with van der Waals surface area (Å²) in [5.74, 6) is 0.192. The highest BCUT2D eigenvalue weighted by Gasteiger charge is 2.34. The van der Waals surface area contributed by atoms with E-state index in [1.807, 2.05) is 47.4 Å². The highest BCUT2D eigenvalue weighted by atomic mass is 35.5. The molecule has 6 nitrogen and oxygen atoms in total. The lowest BCUT2D eigenvalue weighted by Gasteiger charge is -2.18. The number of carbonyl (C=O) groups excluding carboxylic acids is 1. The lowest BCUT2D eigenvalue weighted by Crippen LogP contribution is -2.32. The highest BCUT2D eigenvalue weighted by molar-refractivity contribution is 5.96. The third-order valence-electron chi connectivity index (χ3n) is 4.93. The zero-order valence-electron chi connectivity index (χ0n) is 14.8. The van der Waals surface area contributed by atoms with Crippen LogP contribution in [0.4, 0.5) is 0 Å². The van der Waals surface area contributed by atoms with Crippen LogP contribution in [-0.4, -0.2) is 44.7 Å². The van der Waals surface area contributed by atoms with Crippen molar-refractivity contribution >= 4 is 18.3 Å². The first kappa shape index (κ1) is 19.1. The number of likely N-dealkylation sites (tertiary alicyclic amines) is 1. The lowest BCUT2D eigenvalue weighted by atomic mass is 9.95. The number of nitrogens with zero attached hydrogens (tertiary/aromatic N) is 4. The van der Waals surface area contributed by atoms with Gasteiger partial charge in [0.25, 0.3) is 5.91 Å². The molecule has 1 saturated heterocycles. The van der Waals surface area contributed by atoms with Crippen molar-refractivity contribution in [3.63, 3.8) is 0 Å². The molecule has 1 amide bonds. The predicted octanol–water partition coefficient (Wildman–Crippen LogP) is 2.32. The maximum Gasteiger partial charge on any atom is 0.254 e. The molecule has 1 aliphatic rings. The fourth-order valence-electron chi connectivity index (χ4n) is 3.57. The largest absolute Gasteiger partial charge is 0.336 e. The van der Waals surface area contributed by atoms with Gasteiger partial charge in [0.15, 0.2) is 0 Å². The first-order valence-electron chi connectivity index (χ1n) is 8.72. The standard InChI is InChI=1S/C20H21N5O.ClH/c21-19-12-24(11-18(19)15-6-2-1-3-7-15)20(26)17-9-5-4-8-16(17)10-25-14-22-13-23-25;/h1-9,13-14,18-19H,10-12,21H2;1H/t18-,19+;/m0./s1. The molecule has 3 aromatic rings. The van der Waals surface area contributed by atoms with Gasteiger partial charge in [-0.05, 0) is 17.2 Å². The molecule has 2 aromatic carbocycles. The van der Waals surface area contributed by atoms with Crippen LogP contribution in [0.2, 0.25) is 0 Å². The van der Waals surface area contributed by atoms with Gasteiger partial charge < -0.3 is 10.6 Å². The van der Waals surface area contributed by atoms with E-state index >= 15 is 0 Å². The molecule has 0 bridgehead atoms. The summed E-state index contributed by atoms with van der Waals surface area (Å²) in [6.07, 6.45) is 3.15. The highest BCUT2D eigenvalue weighted by Crippen LogP contribution is 2.28. The summed E-state index contributed by atoms with van der Waals surface area (Å²) in [6, 6.07) is 17.8. The van der Waals surface area contributed by atoms with Gasteiger partial charge in [-0.25, -0.2) is 9.67 Å². The van der Waals surface area contributed by atoms with Crippen LogP contribution in [0.1, 0.15) is 27.4 Å². The van der Waals surface area contributed by atoms with Crippen molar-refractivity contribution < 1.29 is 4.79 Å². The third-order valence-corrected chi connectivity index (χ3v) is 4.93. The summed E-state index contributed by atoms with van der Waals surface area (Å²) in [7, 11) is 0. The fourth-order valence-corrected chi connectivity index (χ4v) is 3.57. The normalized spacial score (nSPS) is 18.9. The van der Waals surface area contributed by atoms with Crippen molar-refractivity contribution in [3.8, 4) is 0 Å². The molecule has 0 radical (unpaired) electrons. The number of benzene rings is 2. The van der Waals surface area contributed by atoms with Gasteiger partial charge in [-0.15, -0.1) is 12.4 Å². The Morgan fingerprint density at radius 2 is 1.81 bits per heavy atom. The van der Waals surface area contributed by atoms with Crippen LogP contribution in [0.5, 0.6) is 0 Å². The summed E-state index contributed by atoms with van der Waals surface area (Å²) < 4.78 is 1.72. The molecule has 140 valence electrons. The lowest BCUT2D eigenvalue weighted by molar-refractivity contribution is 0.0788. The van der Waals surface area contributed by atoms with Crippen LogP contribution < -0.4 is 5.73 Å². The van der Waals surface area contributed by atoms with Gasteiger partial charge in [0, 0.05) is 30.6 Å². The van der Waals surface area contributed by atoms with E-state index < -0.39 is 0 Å². The average molecular weight is 384 g/mol. The third kappa shape index (κ3) is 4.02. The second-order valence-corrected chi connectivity index (χ2v) is 6.64. The van der Waals surface area contributed by atoms with Gasteiger partial charge in [-0.2, -0.15) is 5.10 Å². The van der Waals surface area contributed by atoms with Gasteiger partial charge >= 0.3 is 0 Å². The van der Waals surface area contributed by atoms with Crippen molar-refractivity contribution in [2.75, 3.05) is 13.1 Å². The Bertz CT molecular complexity index is 884. The number of amides is 1. The maximum atomic E-state index is 13.1. The Morgan fingerprint density at radius 1 is 1.07 bits per heavy atom. The zero-order valence-corrected chi connectivity index (χ0v) is 15.6. The number of hydrogen-bond acceptors (Lipinski definition) is 4. The fraction of sp³-hybridized carbons (Fsp3) is 0.250. The molecular formula is C20H22ClN5O. The predicted molar refractivity (Wildman–Crippen MR) is 106 cm³/mol. The van der Waals surface area contributed by atoms with E-state index in [-0.39, 0.29) is 30.3 Å². The molecule has 1 aromatic heterocycles. The Morgan fingerprint density at radius 3 is 2.56 bits per heavy atom. The molecule has 7 heteroatoms. The Labute approximate surface area is 164 Å². The number of hydrogen-bond donors (Lipinski definition) is 1. The average Bonchev–Trinajstić information content (AvgIpc) is 3.32. The summed E-state index contributed by atoms with van der Waals surface area (Å²) in [6.45, 7) is 1.72. The number of aromatic nitrogens is 3. The van der Waals surface area contributed by atoms with Crippen LogP contribution in [0.15, 0.2) is 67.3 Å². The number of carbonyl (C=O) groups is 1. The second-order valence-electron chi connectivity index (χ2n) is 6.64. The van der Waals surface area contributed by atoms with E-state index in [2.05, 4.69) is 22.2 Å². The SMILES string of the molecule is Cl.N[C@@H]1CN(C(=O)c2ccccc2Cn2cncn2)C[C@H]1c1ccccc1. The molecule has 2 atom stereocenters. The molecule has 27 heavy (non-hydrogen) atoms. The summed E-state index contributed by atoms with van der Waals surface area (Å²) in [4.78, 5) is 19.0. The molecular weight excluding hydrogens is 362 g/mol. The Balaban J connectivity index is 0.00000210. The minimum absolute atomic E-state index is 0. The number of halogens is 1. The van der Waals surface area contributed by atoms with Crippen LogP contribution in [0.25, 0.3) is 0 Å². The van der Waals surface area contributed by atoms with E-state index in [0.717, 1.165) is 5.56 Å². The van der Waals surface area contributed by atoms with Gasteiger partial charge in [0.1, 0.15) is 12.7 Å². The van der Waals surface area contributed by atoms with E-state index in [1.54, 1.807) is 11.0 Å². The molecule has 4 rings (SSSR count). The number of rotatable bonds is 4. The van der Waals surface area contributed by atoms with E-state index in [4.69, 9.17) is 5.73 Å². The zero-order chi connectivity index (χ0) is 17.9. The summed E-state index contributed by atoms with van der Waals surface area (Å²) in [5.41, 5.74) is 9.16. The second kappa shape index (κ2) is 8.33. The molecule has 0 aliphatic carbocycles. The van der Waals surface area contributed by atoms with Gasteiger partial charge in [0.05, 0.1) is 6.54 Å².